The summed E-state index contributed by atoms with van der Waals surface area (Å²) in [4.78, 5) is 6.76. The Hall–Kier alpha value is -7.69. The molecule has 0 saturated carbocycles. The molecule has 0 bridgehead atoms. The monoisotopic (exact) mass is 728 g/mol. The van der Waals surface area contributed by atoms with Crippen LogP contribution in [0.2, 0.25) is 0 Å². The van der Waals surface area contributed by atoms with E-state index in [4.69, 9.17) is 0 Å². The van der Waals surface area contributed by atoms with Crippen molar-refractivity contribution in [1.29, 1.82) is 0 Å². The maximum absolute atomic E-state index is 4.49. The number of pyridine rings is 1. The second kappa shape index (κ2) is 13.6. The van der Waals surface area contributed by atoms with Crippen molar-refractivity contribution >= 4 is 60.7 Å². The molecule has 0 amide bonds. The second-order valence-corrected chi connectivity index (χ2v) is 14.5. The first-order valence-electron chi connectivity index (χ1n) is 19.4. The fourth-order valence-corrected chi connectivity index (χ4v) is 8.68. The SMILES string of the molecule is c1ccc(N(c2cccnc2)c2cccc(-c3cc(-c4cccc(-n5c6ccccc6c6ccccc65)c4)c4c(c3)c3ccccc3n4-c3ccccc3)c2)cc1. The Morgan fingerprint density at radius 2 is 0.912 bits per heavy atom. The van der Waals surface area contributed by atoms with Gasteiger partial charge in [-0.15, -0.1) is 0 Å². The van der Waals surface area contributed by atoms with Gasteiger partial charge in [-0.25, -0.2) is 0 Å². The van der Waals surface area contributed by atoms with Crippen LogP contribution in [0.3, 0.4) is 0 Å². The van der Waals surface area contributed by atoms with Gasteiger partial charge in [-0.3, -0.25) is 4.98 Å². The summed E-state index contributed by atoms with van der Waals surface area (Å²) in [5, 5.41) is 4.93. The van der Waals surface area contributed by atoms with E-state index in [9.17, 15) is 0 Å². The molecule has 8 aromatic carbocycles. The van der Waals surface area contributed by atoms with Crippen LogP contribution >= 0.6 is 0 Å². The molecule has 0 spiro atoms. The molecule has 0 unspecified atom stereocenters. The van der Waals surface area contributed by atoms with E-state index in [1.807, 2.05) is 18.5 Å². The molecule has 3 aromatic heterocycles. The Bertz CT molecular complexity index is 3140. The van der Waals surface area contributed by atoms with Gasteiger partial charge in [-0.2, -0.15) is 0 Å². The van der Waals surface area contributed by atoms with Gasteiger partial charge in [-0.05, 0) is 108 Å². The molecule has 0 aliphatic heterocycles. The van der Waals surface area contributed by atoms with Gasteiger partial charge in [-0.1, -0.05) is 115 Å². The molecule has 57 heavy (non-hydrogen) atoms. The highest BCUT2D eigenvalue weighted by Gasteiger charge is 2.21. The van der Waals surface area contributed by atoms with Crippen LogP contribution in [0.1, 0.15) is 0 Å². The van der Waals surface area contributed by atoms with Crippen LogP contribution in [-0.4, -0.2) is 14.1 Å². The fourth-order valence-electron chi connectivity index (χ4n) is 8.68. The Balaban J connectivity index is 1.18. The van der Waals surface area contributed by atoms with Gasteiger partial charge in [0.05, 0.1) is 34.0 Å². The van der Waals surface area contributed by atoms with Crippen molar-refractivity contribution in [3.63, 3.8) is 0 Å². The summed E-state index contributed by atoms with van der Waals surface area (Å²) in [7, 11) is 0. The highest BCUT2D eigenvalue weighted by molar-refractivity contribution is 6.15. The van der Waals surface area contributed by atoms with Crippen molar-refractivity contribution in [3.05, 3.63) is 219 Å². The zero-order valence-electron chi connectivity index (χ0n) is 31.1. The number of anilines is 3. The van der Waals surface area contributed by atoms with E-state index >= 15 is 0 Å². The molecule has 0 N–H and O–H groups in total. The molecular formula is C53H36N4. The van der Waals surface area contributed by atoms with Crippen LogP contribution in [0.15, 0.2) is 219 Å². The number of rotatable bonds is 7. The summed E-state index contributed by atoms with van der Waals surface area (Å²) >= 11 is 0. The zero-order chi connectivity index (χ0) is 37.7. The topological polar surface area (TPSA) is 26.0 Å². The van der Waals surface area contributed by atoms with E-state index < -0.39 is 0 Å². The second-order valence-electron chi connectivity index (χ2n) is 14.5. The molecule has 11 aromatic rings. The first-order valence-corrected chi connectivity index (χ1v) is 19.4. The Morgan fingerprint density at radius 3 is 1.61 bits per heavy atom. The lowest BCUT2D eigenvalue weighted by Gasteiger charge is -2.25. The van der Waals surface area contributed by atoms with Crippen molar-refractivity contribution < 1.29 is 0 Å². The summed E-state index contributed by atoms with van der Waals surface area (Å²) in [6, 6.07) is 74.3. The van der Waals surface area contributed by atoms with Crippen LogP contribution in [0.4, 0.5) is 17.1 Å². The molecule has 0 fully saturated rings. The van der Waals surface area contributed by atoms with Gasteiger partial charge < -0.3 is 14.0 Å². The van der Waals surface area contributed by atoms with E-state index in [-0.39, 0.29) is 0 Å². The molecule has 0 atom stereocenters. The molecule has 0 saturated heterocycles. The molecule has 268 valence electrons. The molecule has 3 heterocycles. The highest BCUT2D eigenvalue weighted by Crippen LogP contribution is 2.43. The summed E-state index contributed by atoms with van der Waals surface area (Å²) in [6.45, 7) is 0. The van der Waals surface area contributed by atoms with Crippen LogP contribution in [0.5, 0.6) is 0 Å². The van der Waals surface area contributed by atoms with E-state index in [1.165, 1.54) is 49.2 Å². The molecule has 11 rings (SSSR count). The first-order chi connectivity index (χ1) is 28.3. The molecule has 0 aliphatic rings. The maximum Gasteiger partial charge on any atom is 0.0644 e. The lowest BCUT2D eigenvalue weighted by atomic mass is 9.94. The quantitative estimate of drug-likeness (QED) is 0.163. The van der Waals surface area contributed by atoms with Gasteiger partial charge in [0.15, 0.2) is 0 Å². The highest BCUT2D eigenvalue weighted by atomic mass is 15.1. The summed E-state index contributed by atoms with van der Waals surface area (Å²) in [5.74, 6) is 0. The number of fused-ring (bicyclic) bond motifs is 6. The Kier molecular flexibility index (Phi) is 7.78. The molecule has 0 aliphatic carbocycles. The first kappa shape index (κ1) is 32.7. The van der Waals surface area contributed by atoms with Crippen LogP contribution in [-0.2, 0) is 0 Å². The minimum atomic E-state index is 1.00. The van der Waals surface area contributed by atoms with Crippen LogP contribution in [0.25, 0.3) is 77.2 Å². The van der Waals surface area contributed by atoms with E-state index in [2.05, 4.69) is 219 Å². The van der Waals surface area contributed by atoms with Crippen molar-refractivity contribution in [2.75, 3.05) is 4.90 Å². The largest absolute Gasteiger partial charge is 0.309 e. The van der Waals surface area contributed by atoms with Crippen LogP contribution < -0.4 is 4.90 Å². The van der Waals surface area contributed by atoms with E-state index in [0.717, 1.165) is 45.1 Å². The third kappa shape index (κ3) is 5.50. The van der Waals surface area contributed by atoms with Gasteiger partial charge in [0.2, 0.25) is 0 Å². The van der Waals surface area contributed by atoms with E-state index in [1.54, 1.807) is 0 Å². The van der Waals surface area contributed by atoms with Crippen molar-refractivity contribution in [1.82, 2.24) is 14.1 Å². The standard InChI is InChI=1S/C53H36N4/c1-3-18-40(19-4-1)55(44-24-15-31-54-36-44)42-22-13-16-37(32-42)39-34-48(53-49(35-39)47-27-9-12-30-52(47)57(53)41-20-5-2-6-21-41)38-17-14-23-43(33-38)56-50-28-10-7-25-45(50)46-26-8-11-29-51(46)56/h1-36H. The third-order valence-corrected chi connectivity index (χ3v) is 11.1. The number of aromatic nitrogens is 3. The Labute approximate surface area is 330 Å². The lowest BCUT2D eigenvalue weighted by molar-refractivity contribution is 1.17. The van der Waals surface area contributed by atoms with Gasteiger partial charge >= 0.3 is 0 Å². The number of hydrogen-bond acceptors (Lipinski definition) is 2. The van der Waals surface area contributed by atoms with Crippen molar-refractivity contribution in [3.8, 4) is 33.6 Å². The molecular weight excluding hydrogens is 693 g/mol. The van der Waals surface area contributed by atoms with Gasteiger partial charge in [0.1, 0.15) is 0 Å². The van der Waals surface area contributed by atoms with Crippen molar-refractivity contribution in [2.24, 2.45) is 0 Å². The maximum atomic E-state index is 4.49. The molecule has 4 nitrogen and oxygen atoms in total. The van der Waals surface area contributed by atoms with Gasteiger partial charge in [0.25, 0.3) is 0 Å². The average Bonchev–Trinajstić information content (AvgIpc) is 3.81. The van der Waals surface area contributed by atoms with Crippen LogP contribution in [0, 0.1) is 0 Å². The van der Waals surface area contributed by atoms with Gasteiger partial charge in [0, 0.05) is 56.1 Å². The molecule has 4 heteroatoms. The minimum absolute atomic E-state index is 1.00. The normalized spacial score (nSPS) is 11.5. The number of para-hydroxylation sites is 5. The summed E-state index contributed by atoms with van der Waals surface area (Å²) in [5.41, 5.74) is 14.8. The Morgan fingerprint density at radius 1 is 0.351 bits per heavy atom. The zero-order valence-corrected chi connectivity index (χ0v) is 31.1. The predicted molar refractivity (Wildman–Crippen MR) is 238 cm³/mol. The minimum Gasteiger partial charge on any atom is -0.309 e. The number of benzene rings is 8. The van der Waals surface area contributed by atoms with Crippen molar-refractivity contribution in [2.45, 2.75) is 0 Å². The summed E-state index contributed by atoms with van der Waals surface area (Å²) < 4.78 is 4.84. The lowest BCUT2D eigenvalue weighted by Crippen LogP contribution is -2.10. The smallest absolute Gasteiger partial charge is 0.0644 e. The van der Waals surface area contributed by atoms with E-state index in [0.29, 0.717) is 0 Å². The number of hydrogen-bond donors (Lipinski definition) is 0. The fraction of sp³-hybridized carbons (Fsp3) is 0. The average molecular weight is 729 g/mol. The molecule has 0 radical (unpaired) electrons. The third-order valence-electron chi connectivity index (χ3n) is 11.1. The predicted octanol–water partition coefficient (Wildman–Crippen LogP) is 14.1. The number of nitrogens with zero attached hydrogens (tertiary/aromatic N) is 4. The summed E-state index contributed by atoms with van der Waals surface area (Å²) in [6.07, 6.45) is 3.74.